The Labute approximate surface area is 247 Å². The minimum atomic E-state index is -4.82. The lowest BCUT2D eigenvalue weighted by molar-refractivity contribution is -0.140. The summed E-state index contributed by atoms with van der Waals surface area (Å²) in [5.41, 5.74) is 2.37. The Bertz CT molecular complexity index is 1720. The smallest absolute Gasteiger partial charge is 0.419 e. The first-order valence-corrected chi connectivity index (χ1v) is 13.9. The predicted octanol–water partition coefficient (Wildman–Crippen LogP) is 8.79. The second kappa shape index (κ2) is 12.7. The molecule has 220 valence electrons. The van der Waals surface area contributed by atoms with Crippen molar-refractivity contribution in [1.82, 2.24) is 9.88 Å². The molecule has 0 bridgehead atoms. The van der Waals surface area contributed by atoms with Crippen LogP contribution >= 0.6 is 0 Å². The molecule has 0 saturated carbocycles. The first-order valence-electron chi connectivity index (χ1n) is 13.9. The van der Waals surface area contributed by atoms with E-state index in [0.29, 0.717) is 12.7 Å². The number of pyridine rings is 1. The number of rotatable bonds is 9. The van der Waals surface area contributed by atoms with Crippen LogP contribution in [0.25, 0.3) is 21.9 Å². The Hall–Kier alpha value is -4.72. The van der Waals surface area contributed by atoms with Gasteiger partial charge in [0, 0.05) is 18.9 Å². The van der Waals surface area contributed by atoms with Gasteiger partial charge in [-0.3, -0.25) is 9.78 Å². The number of halogens is 4. The molecule has 0 saturated heterocycles. The maximum absolute atomic E-state index is 14.4. The molecule has 0 N–H and O–H groups in total. The number of carbonyl (C=O) groups excluding carboxylic acids is 1. The van der Waals surface area contributed by atoms with Crippen LogP contribution in [0.5, 0.6) is 5.75 Å². The van der Waals surface area contributed by atoms with Gasteiger partial charge in [0.2, 0.25) is 5.91 Å². The lowest BCUT2D eigenvalue weighted by Gasteiger charge is -2.32. The molecular formula is C35H30F4N2O2. The Morgan fingerprint density at radius 2 is 1.70 bits per heavy atom. The molecule has 43 heavy (non-hydrogen) atoms. The van der Waals surface area contributed by atoms with E-state index in [-0.39, 0.29) is 24.4 Å². The molecule has 4 aromatic carbocycles. The van der Waals surface area contributed by atoms with Crippen LogP contribution in [-0.4, -0.2) is 22.4 Å². The molecule has 1 heterocycles. The Morgan fingerprint density at radius 3 is 2.37 bits per heavy atom. The highest BCUT2D eigenvalue weighted by Gasteiger charge is 2.34. The molecule has 0 fully saturated rings. The lowest BCUT2D eigenvalue weighted by Crippen LogP contribution is -2.34. The molecule has 1 unspecified atom stereocenters. The van der Waals surface area contributed by atoms with Crippen LogP contribution in [0.2, 0.25) is 0 Å². The van der Waals surface area contributed by atoms with Crippen LogP contribution in [0.1, 0.15) is 42.1 Å². The van der Waals surface area contributed by atoms with Gasteiger partial charge in [-0.2, -0.15) is 13.2 Å². The zero-order valence-corrected chi connectivity index (χ0v) is 23.7. The molecule has 5 rings (SSSR count). The normalized spacial score (nSPS) is 12.2. The van der Waals surface area contributed by atoms with E-state index < -0.39 is 23.6 Å². The van der Waals surface area contributed by atoms with E-state index in [1.165, 1.54) is 0 Å². The fraction of sp³-hybridized carbons (Fsp3) is 0.200. The van der Waals surface area contributed by atoms with Crippen LogP contribution in [0.15, 0.2) is 103 Å². The van der Waals surface area contributed by atoms with Gasteiger partial charge in [-0.1, -0.05) is 60.7 Å². The third kappa shape index (κ3) is 6.69. The number of aromatic nitrogens is 1. The van der Waals surface area contributed by atoms with Gasteiger partial charge < -0.3 is 9.64 Å². The zero-order valence-electron chi connectivity index (χ0n) is 23.7. The number of benzene rings is 4. The molecular weight excluding hydrogens is 556 g/mol. The fourth-order valence-electron chi connectivity index (χ4n) is 5.32. The van der Waals surface area contributed by atoms with Crippen molar-refractivity contribution < 1.29 is 27.1 Å². The molecule has 0 aliphatic rings. The second-order valence-corrected chi connectivity index (χ2v) is 10.3. The van der Waals surface area contributed by atoms with Crippen LogP contribution in [0.3, 0.4) is 0 Å². The highest BCUT2D eigenvalue weighted by atomic mass is 19.4. The number of fused-ring (bicyclic) bond motifs is 1. The van der Waals surface area contributed by atoms with E-state index in [9.17, 15) is 22.4 Å². The lowest BCUT2D eigenvalue weighted by atomic mass is 9.89. The summed E-state index contributed by atoms with van der Waals surface area (Å²) in [6.07, 6.45) is -1.79. The molecule has 5 aromatic rings. The van der Waals surface area contributed by atoms with Gasteiger partial charge in [-0.25, -0.2) is 4.39 Å². The summed E-state index contributed by atoms with van der Waals surface area (Å²) in [6.45, 7) is 4.59. The van der Waals surface area contributed by atoms with Crippen molar-refractivity contribution in [1.29, 1.82) is 0 Å². The molecule has 1 aromatic heterocycles. The number of alkyl halides is 3. The van der Waals surface area contributed by atoms with Crippen molar-refractivity contribution in [3.05, 3.63) is 131 Å². The van der Waals surface area contributed by atoms with E-state index in [2.05, 4.69) is 4.98 Å². The largest absolute Gasteiger partial charge is 0.494 e. The SMILES string of the molecule is CCOc1ccc(-c2c(C(C)N(Cc3cccnc3)C(=O)Cc3ccc(C(F)(F)F)c(F)c3)ccc3ccccc23)cc1. The minimum absolute atomic E-state index is 0.157. The summed E-state index contributed by atoms with van der Waals surface area (Å²) in [7, 11) is 0. The van der Waals surface area contributed by atoms with Crippen molar-refractivity contribution in [2.24, 2.45) is 0 Å². The van der Waals surface area contributed by atoms with E-state index in [1.54, 1.807) is 23.4 Å². The van der Waals surface area contributed by atoms with E-state index >= 15 is 0 Å². The quantitative estimate of drug-likeness (QED) is 0.162. The summed E-state index contributed by atoms with van der Waals surface area (Å²) in [5, 5.41) is 2.04. The van der Waals surface area contributed by atoms with E-state index in [4.69, 9.17) is 4.74 Å². The van der Waals surface area contributed by atoms with Crippen molar-refractivity contribution in [3.8, 4) is 16.9 Å². The minimum Gasteiger partial charge on any atom is -0.494 e. The molecule has 8 heteroatoms. The van der Waals surface area contributed by atoms with Crippen LogP contribution in [0.4, 0.5) is 17.6 Å². The summed E-state index contributed by atoms with van der Waals surface area (Å²) >= 11 is 0. The van der Waals surface area contributed by atoms with Gasteiger partial charge in [0.15, 0.2) is 0 Å². The van der Waals surface area contributed by atoms with Crippen LogP contribution in [0, 0.1) is 5.82 Å². The average molecular weight is 587 g/mol. The van der Waals surface area contributed by atoms with Gasteiger partial charge in [-0.15, -0.1) is 0 Å². The second-order valence-electron chi connectivity index (χ2n) is 10.3. The topological polar surface area (TPSA) is 42.4 Å². The fourth-order valence-corrected chi connectivity index (χ4v) is 5.32. The van der Waals surface area contributed by atoms with Crippen molar-refractivity contribution in [2.45, 2.75) is 39.0 Å². The van der Waals surface area contributed by atoms with Crippen LogP contribution < -0.4 is 4.74 Å². The Kier molecular flexibility index (Phi) is 8.76. The van der Waals surface area contributed by atoms with Crippen molar-refractivity contribution >= 4 is 16.7 Å². The van der Waals surface area contributed by atoms with Crippen molar-refractivity contribution in [2.75, 3.05) is 6.61 Å². The summed E-state index contributed by atoms with van der Waals surface area (Å²) in [5.74, 6) is -1.02. The van der Waals surface area contributed by atoms with Gasteiger partial charge in [-0.05, 0) is 82.8 Å². The summed E-state index contributed by atoms with van der Waals surface area (Å²) < 4.78 is 59.4. The van der Waals surface area contributed by atoms with Gasteiger partial charge in [0.25, 0.3) is 0 Å². The van der Waals surface area contributed by atoms with E-state index in [1.807, 2.05) is 80.6 Å². The molecule has 0 radical (unpaired) electrons. The number of carbonyl (C=O) groups is 1. The zero-order chi connectivity index (χ0) is 30.6. The molecule has 0 aliphatic carbocycles. The number of amides is 1. The third-order valence-electron chi connectivity index (χ3n) is 7.42. The van der Waals surface area contributed by atoms with Gasteiger partial charge in [0.1, 0.15) is 11.6 Å². The van der Waals surface area contributed by atoms with E-state index in [0.717, 1.165) is 50.9 Å². The maximum Gasteiger partial charge on any atom is 0.419 e. The Balaban J connectivity index is 1.57. The number of nitrogens with zero attached hydrogens (tertiary/aromatic N) is 2. The third-order valence-corrected chi connectivity index (χ3v) is 7.42. The predicted molar refractivity (Wildman–Crippen MR) is 159 cm³/mol. The first-order chi connectivity index (χ1) is 20.7. The Morgan fingerprint density at radius 1 is 0.930 bits per heavy atom. The summed E-state index contributed by atoms with van der Waals surface area (Å²) in [4.78, 5) is 19.7. The number of ether oxygens (including phenoxy) is 1. The summed E-state index contributed by atoms with van der Waals surface area (Å²) in [6, 6.07) is 25.6. The maximum atomic E-state index is 14.4. The molecule has 4 nitrogen and oxygen atoms in total. The first kappa shape index (κ1) is 29.8. The molecule has 1 amide bonds. The van der Waals surface area contributed by atoms with Crippen LogP contribution in [-0.2, 0) is 23.9 Å². The average Bonchev–Trinajstić information content (AvgIpc) is 2.99. The monoisotopic (exact) mass is 586 g/mol. The molecule has 1 atom stereocenters. The molecule has 0 spiro atoms. The van der Waals surface area contributed by atoms with Gasteiger partial charge >= 0.3 is 6.18 Å². The van der Waals surface area contributed by atoms with Crippen molar-refractivity contribution in [3.63, 3.8) is 0 Å². The standard InChI is InChI=1S/C35H30F4N2O2/c1-3-43-28-14-11-27(12-15-28)34-29(16-13-26-8-4-5-9-30(26)34)23(2)41(22-25-7-6-18-40-21-25)33(42)20-24-10-17-31(32(36)19-24)35(37,38)39/h4-19,21,23H,3,20,22H2,1-2H3. The highest BCUT2D eigenvalue weighted by molar-refractivity contribution is 5.98. The highest BCUT2D eigenvalue weighted by Crippen LogP contribution is 2.39. The number of hydrogen-bond acceptors (Lipinski definition) is 3. The molecule has 0 aliphatic heterocycles. The van der Waals surface area contributed by atoms with Gasteiger partial charge in [0.05, 0.1) is 24.6 Å². The number of hydrogen-bond donors (Lipinski definition) is 0.